The minimum atomic E-state index is -1.23. The van der Waals surface area contributed by atoms with Gasteiger partial charge in [-0.15, -0.1) is 0 Å². The summed E-state index contributed by atoms with van der Waals surface area (Å²) in [4.78, 5) is 24.1. The standard InChI is InChI=1S/C18H19FN2O5/c1-10(20-17(22)12-6-8-25-9-7-12)16-14(18(23)24)15(21-26-16)11-2-4-13(19)5-3-11/h2-5,10,12H,6-9H2,1H3,(H,20,22)(H,23,24). The second-order valence-electron chi connectivity index (χ2n) is 6.20. The number of nitrogens with zero attached hydrogens (tertiary/aromatic N) is 1. The van der Waals surface area contributed by atoms with Crippen molar-refractivity contribution in [1.82, 2.24) is 10.5 Å². The van der Waals surface area contributed by atoms with Gasteiger partial charge in [0, 0.05) is 24.7 Å². The number of amides is 1. The first-order valence-electron chi connectivity index (χ1n) is 8.34. The number of carbonyl (C=O) groups is 2. The molecule has 1 aromatic heterocycles. The molecule has 7 nitrogen and oxygen atoms in total. The number of halogens is 1. The van der Waals surface area contributed by atoms with E-state index in [0.29, 0.717) is 31.6 Å². The molecule has 2 heterocycles. The minimum absolute atomic E-state index is 0.0530. The maximum absolute atomic E-state index is 13.1. The third-order valence-electron chi connectivity index (χ3n) is 4.39. The Bertz CT molecular complexity index is 796. The van der Waals surface area contributed by atoms with Crippen molar-refractivity contribution in [2.24, 2.45) is 5.92 Å². The molecule has 1 aliphatic rings. The highest BCUT2D eigenvalue weighted by Crippen LogP contribution is 2.29. The number of hydrogen-bond donors (Lipinski definition) is 2. The summed E-state index contributed by atoms with van der Waals surface area (Å²) in [5.41, 5.74) is 0.373. The average molecular weight is 362 g/mol. The molecule has 2 N–H and O–H groups in total. The SMILES string of the molecule is CC(NC(=O)C1CCOCC1)c1onc(-c2ccc(F)cc2)c1C(=O)O. The van der Waals surface area contributed by atoms with E-state index in [1.807, 2.05) is 0 Å². The molecule has 0 saturated carbocycles. The predicted octanol–water partition coefficient (Wildman–Crippen LogP) is 2.78. The number of nitrogens with one attached hydrogen (secondary N) is 1. The van der Waals surface area contributed by atoms with Crippen molar-refractivity contribution in [1.29, 1.82) is 0 Å². The average Bonchev–Trinajstić information content (AvgIpc) is 3.08. The zero-order valence-electron chi connectivity index (χ0n) is 14.2. The lowest BCUT2D eigenvalue weighted by Gasteiger charge is -2.22. The van der Waals surface area contributed by atoms with Crippen LogP contribution in [0.1, 0.15) is 41.9 Å². The van der Waals surface area contributed by atoms with Crippen LogP contribution in [-0.4, -0.2) is 35.4 Å². The third kappa shape index (κ3) is 3.75. The van der Waals surface area contributed by atoms with Crippen molar-refractivity contribution < 1.29 is 28.3 Å². The number of carboxylic acid groups (broad SMARTS) is 1. The highest BCUT2D eigenvalue weighted by molar-refractivity contribution is 5.96. The molecule has 1 aliphatic heterocycles. The lowest BCUT2D eigenvalue weighted by molar-refractivity contribution is -0.128. The molecule has 0 bridgehead atoms. The van der Waals surface area contributed by atoms with Crippen LogP contribution in [0.3, 0.4) is 0 Å². The van der Waals surface area contributed by atoms with Gasteiger partial charge in [-0.2, -0.15) is 0 Å². The van der Waals surface area contributed by atoms with E-state index < -0.39 is 17.8 Å². The molecule has 1 amide bonds. The van der Waals surface area contributed by atoms with E-state index in [0.717, 1.165) is 0 Å². The van der Waals surface area contributed by atoms with Gasteiger partial charge in [0.05, 0.1) is 6.04 Å². The number of carboxylic acids is 1. The molecule has 0 aliphatic carbocycles. The van der Waals surface area contributed by atoms with Crippen LogP contribution in [0.15, 0.2) is 28.8 Å². The van der Waals surface area contributed by atoms with Crippen LogP contribution >= 0.6 is 0 Å². The van der Waals surface area contributed by atoms with Crippen molar-refractivity contribution in [2.75, 3.05) is 13.2 Å². The van der Waals surface area contributed by atoms with Gasteiger partial charge in [-0.1, -0.05) is 5.16 Å². The maximum atomic E-state index is 13.1. The van der Waals surface area contributed by atoms with Gasteiger partial charge in [0.1, 0.15) is 17.1 Å². The van der Waals surface area contributed by atoms with E-state index in [9.17, 15) is 19.1 Å². The smallest absolute Gasteiger partial charge is 0.341 e. The molecule has 0 radical (unpaired) electrons. The monoisotopic (exact) mass is 362 g/mol. The Morgan fingerprint density at radius 2 is 1.92 bits per heavy atom. The van der Waals surface area contributed by atoms with E-state index >= 15 is 0 Å². The molecule has 3 rings (SSSR count). The lowest BCUT2D eigenvalue weighted by atomic mass is 9.98. The van der Waals surface area contributed by atoms with Crippen LogP contribution in [-0.2, 0) is 9.53 Å². The van der Waals surface area contributed by atoms with Crippen LogP contribution < -0.4 is 5.32 Å². The van der Waals surface area contributed by atoms with Gasteiger partial charge in [0.2, 0.25) is 5.91 Å². The number of benzene rings is 1. The normalized spacial score (nSPS) is 16.2. The molecule has 1 unspecified atom stereocenters. The Hall–Kier alpha value is -2.74. The molecule has 138 valence electrons. The topological polar surface area (TPSA) is 102 Å². The van der Waals surface area contributed by atoms with E-state index in [1.54, 1.807) is 6.92 Å². The Morgan fingerprint density at radius 3 is 2.54 bits per heavy atom. The van der Waals surface area contributed by atoms with Crippen molar-refractivity contribution in [3.05, 3.63) is 41.4 Å². The zero-order valence-corrected chi connectivity index (χ0v) is 14.2. The number of hydrogen-bond acceptors (Lipinski definition) is 5. The van der Waals surface area contributed by atoms with E-state index in [-0.39, 0.29) is 28.8 Å². The van der Waals surface area contributed by atoms with E-state index in [1.165, 1.54) is 24.3 Å². The van der Waals surface area contributed by atoms with Crippen LogP contribution in [0.5, 0.6) is 0 Å². The third-order valence-corrected chi connectivity index (χ3v) is 4.39. The summed E-state index contributed by atoms with van der Waals surface area (Å²) < 4.78 is 23.6. The number of rotatable bonds is 5. The highest BCUT2D eigenvalue weighted by Gasteiger charge is 2.30. The van der Waals surface area contributed by atoms with Crippen molar-refractivity contribution in [2.45, 2.75) is 25.8 Å². The summed E-state index contributed by atoms with van der Waals surface area (Å²) in [7, 11) is 0. The van der Waals surface area contributed by atoms with Gasteiger partial charge in [-0.3, -0.25) is 4.79 Å². The van der Waals surface area contributed by atoms with Crippen molar-refractivity contribution in [3.63, 3.8) is 0 Å². The van der Waals surface area contributed by atoms with Gasteiger partial charge in [0.25, 0.3) is 0 Å². The first-order valence-corrected chi connectivity index (χ1v) is 8.34. The lowest BCUT2D eigenvalue weighted by Crippen LogP contribution is -2.36. The minimum Gasteiger partial charge on any atom is -0.477 e. The van der Waals surface area contributed by atoms with Crippen LogP contribution in [0.4, 0.5) is 4.39 Å². The van der Waals surface area contributed by atoms with Crippen LogP contribution in [0.2, 0.25) is 0 Å². The molecule has 1 atom stereocenters. The molecule has 1 saturated heterocycles. The molecule has 1 aromatic carbocycles. The summed E-state index contributed by atoms with van der Waals surface area (Å²) in [6.07, 6.45) is 1.25. The summed E-state index contributed by atoms with van der Waals surface area (Å²) >= 11 is 0. The number of aromatic nitrogens is 1. The Balaban J connectivity index is 1.84. The quantitative estimate of drug-likeness (QED) is 0.848. The number of aromatic carboxylic acids is 1. The van der Waals surface area contributed by atoms with Gasteiger partial charge in [-0.25, -0.2) is 9.18 Å². The fraction of sp³-hybridized carbons (Fsp3) is 0.389. The summed E-state index contributed by atoms with van der Waals surface area (Å²) in [5.74, 6) is -1.95. The summed E-state index contributed by atoms with van der Waals surface area (Å²) in [6.45, 7) is 2.70. The summed E-state index contributed by atoms with van der Waals surface area (Å²) in [5, 5.41) is 16.2. The first kappa shape index (κ1) is 18.1. The second kappa shape index (κ2) is 7.65. The van der Waals surface area contributed by atoms with Crippen molar-refractivity contribution >= 4 is 11.9 Å². The van der Waals surface area contributed by atoms with Crippen LogP contribution in [0.25, 0.3) is 11.3 Å². The highest BCUT2D eigenvalue weighted by atomic mass is 19.1. The molecular formula is C18H19FN2O5. The molecular weight excluding hydrogens is 343 g/mol. The Morgan fingerprint density at radius 1 is 1.27 bits per heavy atom. The van der Waals surface area contributed by atoms with Gasteiger partial charge in [-0.05, 0) is 44.0 Å². The molecule has 2 aromatic rings. The second-order valence-corrected chi connectivity index (χ2v) is 6.20. The van der Waals surface area contributed by atoms with Gasteiger partial charge in [0.15, 0.2) is 5.76 Å². The maximum Gasteiger partial charge on any atom is 0.341 e. The van der Waals surface area contributed by atoms with E-state index in [4.69, 9.17) is 9.26 Å². The predicted molar refractivity (Wildman–Crippen MR) is 89.0 cm³/mol. The Kier molecular flexibility index (Phi) is 5.32. The largest absolute Gasteiger partial charge is 0.477 e. The van der Waals surface area contributed by atoms with Crippen LogP contribution in [0, 0.1) is 11.7 Å². The van der Waals surface area contributed by atoms with Gasteiger partial charge < -0.3 is 19.7 Å². The van der Waals surface area contributed by atoms with E-state index in [2.05, 4.69) is 10.5 Å². The first-order chi connectivity index (χ1) is 12.5. The molecule has 0 spiro atoms. The molecule has 8 heteroatoms. The Labute approximate surface area is 149 Å². The zero-order chi connectivity index (χ0) is 18.7. The summed E-state index contributed by atoms with van der Waals surface area (Å²) in [6, 6.07) is 4.61. The fourth-order valence-corrected chi connectivity index (χ4v) is 2.97. The number of ether oxygens (including phenoxy) is 1. The van der Waals surface area contributed by atoms with Crippen molar-refractivity contribution in [3.8, 4) is 11.3 Å². The fourth-order valence-electron chi connectivity index (χ4n) is 2.97. The number of carbonyl (C=O) groups excluding carboxylic acids is 1. The molecule has 1 fully saturated rings. The van der Waals surface area contributed by atoms with Gasteiger partial charge >= 0.3 is 5.97 Å². The molecule has 26 heavy (non-hydrogen) atoms.